The number of methoxy groups -OCH3 is 2. The van der Waals surface area contributed by atoms with Gasteiger partial charge in [-0.1, -0.05) is 45.0 Å². The second-order valence-electron chi connectivity index (χ2n) is 5.60. The lowest BCUT2D eigenvalue weighted by molar-refractivity contribution is 0.372. The van der Waals surface area contributed by atoms with Gasteiger partial charge in [0, 0.05) is 5.56 Å². The van der Waals surface area contributed by atoms with Crippen LogP contribution < -0.4 is 9.47 Å². The van der Waals surface area contributed by atoms with Crippen molar-refractivity contribution >= 4 is 0 Å². The number of benzene rings is 1. The van der Waals surface area contributed by atoms with Gasteiger partial charge in [-0.25, -0.2) is 0 Å². The van der Waals surface area contributed by atoms with Gasteiger partial charge < -0.3 is 9.47 Å². The lowest BCUT2D eigenvalue weighted by Gasteiger charge is -2.19. The van der Waals surface area contributed by atoms with Crippen LogP contribution in [0.25, 0.3) is 11.4 Å². The summed E-state index contributed by atoms with van der Waals surface area (Å²) in [5.74, 6) is 1.58. The van der Waals surface area contributed by atoms with Crippen molar-refractivity contribution in [2.45, 2.75) is 26.2 Å². The third-order valence-corrected chi connectivity index (χ3v) is 3.11. The third-order valence-electron chi connectivity index (χ3n) is 3.11. The topological polar surface area (TPSA) is 44.2 Å². The maximum atomic E-state index is 5.17. The van der Waals surface area contributed by atoms with Crippen LogP contribution in [0.2, 0.25) is 0 Å². The SMILES string of the molecule is COc1cc(OC)nc(-c2ccc(C(C)(C)C)cc2)n1. The van der Waals surface area contributed by atoms with Crippen LogP contribution >= 0.6 is 0 Å². The van der Waals surface area contributed by atoms with E-state index in [0.29, 0.717) is 17.6 Å². The normalized spacial score (nSPS) is 11.2. The predicted molar refractivity (Wildman–Crippen MR) is 79.3 cm³/mol. The molecule has 0 aliphatic carbocycles. The van der Waals surface area contributed by atoms with E-state index in [1.165, 1.54) is 5.56 Å². The number of rotatable bonds is 3. The van der Waals surface area contributed by atoms with Crippen molar-refractivity contribution in [2.75, 3.05) is 14.2 Å². The van der Waals surface area contributed by atoms with Crippen molar-refractivity contribution in [3.63, 3.8) is 0 Å². The molecule has 1 aromatic heterocycles. The predicted octanol–water partition coefficient (Wildman–Crippen LogP) is 3.46. The van der Waals surface area contributed by atoms with Crippen LogP contribution in [-0.2, 0) is 5.41 Å². The second-order valence-corrected chi connectivity index (χ2v) is 5.60. The van der Waals surface area contributed by atoms with Gasteiger partial charge in [0.1, 0.15) is 0 Å². The fourth-order valence-electron chi connectivity index (χ4n) is 1.86. The average molecular weight is 272 g/mol. The Morgan fingerprint density at radius 2 is 1.35 bits per heavy atom. The van der Waals surface area contributed by atoms with Crippen LogP contribution in [0.5, 0.6) is 11.8 Å². The van der Waals surface area contributed by atoms with Gasteiger partial charge in [0.25, 0.3) is 0 Å². The maximum absolute atomic E-state index is 5.17. The van der Waals surface area contributed by atoms with Crippen molar-refractivity contribution in [1.82, 2.24) is 9.97 Å². The average Bonchev–Trinajstić information content (AvgIpc) is 2.46. The first kappa shape index (κ1) is 14.3. The summed E-state index contributed by atoms with van der Waals surface area (Å²) < 4.78 is 10.3. The molecule has 0 saturated carbocycles. The molecule has 1 aromatic carbocycles. The summed E-state index contributed by atoms with van der Waals surface area (Å²) in [7, 11) is 3.16. The van der Waals surface area contributed by atoms with Crippen LogP contribution in [-0.4, -0.2) is 24.2 Å². The Kier molecular flexibility index (Phi) is 3.93. The lowest BCUT2D eigenvalue weighted by atomic mass is 9.87. The largest absolute Gasteiger partial charge is 0.481 e. The minimum Gasteiger partial charge on any atom is -0.481 e. The molecule has 0 N–H and O–H groups in total. The quantitative estimate of drug-likeness (QED) is 0.858. The summed E-state index contributed by atoms with van der Waals surface area (Å²) in [6.45, 7) is 6.56. The summed E-state index contributed by atoms with van der Waals surface area (Å²) in [6.07, 6.45) is 0. The molecule has 0 unspecified atom stereocenters. The van der Waals surface area contributed by atoms with Gasteiger partial charge >= 0.3 is 0 Å². The standard InChI is InChI=1S/C16H20N2O2/c1-16(2,3)12-8-6-11(7-9-12)15-17-13(19-4)10-14(18-15)20-5/h6-10H,1-5H3. The molecular formula is C16H20N2O2. The minimum absolute atomic E-state index is 0.130. The highest BCUT2D eigenvalue weighted by atomic mass is 16.5. The summed E-state index contributed by atoms with van der Waals surface area (Å²) in [6, 6.07) is 9.91. The molecule has 2 rings (SSSR count). The van der Waals surface area contributed by atoms with E-state index in [-0.39, 0.29) is 5.41 Å². The monoisotopic (exact) mass is 272 g/mol. The van der Waals surface area contributed by atoms with Gasteiger partial charge in [-0.05, 0) is 11.0 Å². The molecule has 1 heterocycles. The second kappa shape index (κ2) is 5.49. The number of ether oxygens (including phenoxy) is 2. The smallest absolute Gasteiger partial charge is 0.220 e. The first-order valence-electron chi connectivity index (χ1n) is 6.52. The molecule has 0 atom stereocenters. The summed E-state index contributed by atoms with van der Waals surface area (Å²) in [4.78, 5) is 8.70. The Labute approximate surface area is 119 Å². The summed E-state index contributed by atoms with van der Waals surface area (Å²) in [5.41, 5.74) is 2.34. The number of nitrogens with zero attached hydrogens (tertiary/aromatic N) is 2. The fourth-order valence-corrected chi connectivity index (χ4v) is 1.86. The molecule has 20 heavy (non-hydrogen) atoms. The van der Waals surface area contributed by atoms with Crippen LogP contribution in [0, 0.1) is 0 Å². The van der Waals surface area contributed by atoms with Crippen molar-refractivity contribution in [2.24, 2.45) is 0 Å². The van der Waals surface area contributed by atoms with E-state index in [1.807, 2.05) is 12.1 Å². The molecule has 106 valence electrons. The minimum atomic E-state index is 0.130. The first-order chi connectivity index (χ1) is 9.44. The van der Waals surface area contributed by atoms with Gasteiger partial charge in [-0.15, -0.1) is 0 Å². The van der Waals surface area contributed by atoms with Gasteiger partial charge in [0.2, 0.25) is 11.8 Å². The van der Waals surface area contributed by atoms with Crippen LogP contribution in [0.15, 0.2) is 30.3 Å². The zero-order valence-corrected chi connectivity index (χ0v) is 12.6. The zero-order valence-electron chi connectivity index (χ0n) is 12.6. The van der Waals surface area contributed by atoms with E-state index in [4.69, 9.17) is 9.47 Å². The number of hydrogen-bond donors (Lipinski definition) is 0. The molecule has 0 aliphatic heterocycles. The van der Waals surface area contributed by atoms with Crippen molar-refractivity contribution < 1.29 is 9.47 Å². The molecular weight excluding hydrogens is 252 g/mol. The van der Waals surface area contributed by atoms with Crippen molar-refractivity contribution in [3.8, 4) is 23.1 Å². The molecule has 0 spiro atoms. The van der Waals surface area contributed by atoms with E-state index in [2.05, 4.69) is 42.9 Å². The highest BCUT2D eigenvalue weighted by molar-refractivity contribution is 5.57. The molecule has 0 aliphatic rings. The van der Waals surface area contributed by atoms with Crippen LogP contribution in [0.1, 0.15) is 26.3 Å². The Morgan fingerprint density at radius 1 is 0.850 bits per heavy atom. The molecule has 0 bridgehead atoms. The fraction of sp³-hybridized carbons (Fsp3) is 0.375. The molecule has 0 fully saturated rings. The van der Waals surface area contributed by atoms with Gasteiger partial charge in [0.05, 0.1) is 20.3 Å². The third kappa shape index (κ3) is 3.07. The highest BCUT2D eigenvalue weighted by Crippen LogP contribution is 2.26. The van der Waals surface area contributed by atoms with Gasteiger partial charge in [-0.2, -0.15) is 9.97 Å². The maximum Gasteiger partial charge on any atom is 0.220 e. The number of hydrogen-bond acceptors (Lipinski definition) is 4. The van der Waals surface area contributed by atoms with E-state index in [0.717, 1.165) is 5.56 Å². The van der Waals surface area contributed by atoms with Crippen LogP contribution in [0.3, 0.4) is 0 Å². The highest BCUT2D eigenvalue weighted by Gasteiger charge is 2.14. The first-order valence-corrected chi connectivity index (χ1v) is 6.52. The molecule has 0 amide bonds. The van der Waals surface area contributed by atoms with E-state index < -0.39 is 0 Å². The Bertz CT molecular complexity index is 564. The zero-order chi connectivity index (χ0) is 14.8. The van der Waals surface area contributed by atoms with E-state index >= 15 is 0 Å². The molecule has 0 saturated heterocycles. The van der Waals surface area contributed by atoms with Gasteiger partial charge in [0.15, 0.2) is 5.82 Å². The molecule has 4 heteroatoms. The Balaban J connectivity index is 2.41. The van der Waals surface area contributed by atoms with Crippen LogP contribution in [0.4, 0.5) is 0 Å². The molecule has 0 radical (unpaired) electrons. The van der Waals surface area contributed by atoms with E-state index in [1.54, 1.807) is 20.3 Å². The summed E-state index contributed by atoms with van der Waals surface area (Å²) >= 11 is 0. The Morgan fingerprint density at radius 3 is 1.75 bits per heavy atom. The number of aromatic nitrogens is 2. The van der Waals surface area contributed by atoms with Crippen molar-refractivity contribution in [1.29, 1.82) is 0 Å². The lowest BCUT2D eigenvalue weighted by Crippen LogP contribution is -2.10. The molecule has 2 aromatic rings. The van der Waals surface area contributed by atoms with E-state index in [9.17, 15) is 0 Å². The van der Waals surface area contributed by atoms with Crippen molar-refractivity contribution in [3.05, 3.63) is 35.9 Å². The summed E-state index contributed by atoms with van der Waals surface area (Å²) in [5, 5.41) is 0. The molecule has 4 nitrogen and oxygen atoms in total. The van der Waals surface area contributed by atoms with Gasteiger partial charge in [-0.3, -0.25) is 0 Å². The Hall–Kier alpha value is -2.10.